The Kier molecular flexibility index (Phi) is 4.14. The third-order valence-corrected chi connectivity index (χ3v) is 3.53. The number of hydrogen-bond donors (Lipinski definition) is 3. The van der Waals surface area contributed by atoms with Crippen molar-refractivity contribution < 1.29 is 9.50 Å². The van der Waals surface area contributed by atoms with Gasteiger partial charge in [-0.15, -0.1) is 0 Å². The molecule has 0 amide bonds. The molecule has 2 rings (SSSR count). The van der Waals surface area contributed by atoms with Crippen molar-refractivity contribution in [3.05, 3.63) is 35.1 Å². The van der Waals surface area contributed by atoms with Crippen LogP contribution in [-0.4, -0.2) is 23.4 Å². The summed E-state index contributed by atoms with van der Waals surface area (Å²) in [5.41, 5.74) is 1.77. The van der Waals surface area contributed by atoms with E-state index in [1.807, 2.05) is 6.07 Å². The molecule has 0 saturated carbocycles. The second-order valence-electron chi connectivity index (χ2n) is 4.59. The fraction of sp³-hybridized carbons (Fsp3) is 0.462. The van der Waals surface area contributed by atoms with Crippen LogP contribution in [0.4, 0.5) is 4.39 Å². The number of aliphatic hydroxyl groups excluding tert-OH is 1. The maximum atomic E-state index is 13.7. The van der Waals surface area contributed by atoms with Gasteiger partial charge in [0.25, 0.3) is 0 Å². The van der Waals surface area contributed by atoms with Crippen molar-refractivity contribution in [2.24, 2.45) is 5.92 Å². The summed E-state index contributed by atoms with van der Waals surface area (Å²) in [5.74, 6) is 0.156. The van der Waals surface area contributed by atoms with Crippen molar-refractivity contribution in [3.63, 3.8) is 0 Å². The van der Waals surface area contributed by atoms with Gasteiger partial charge in [-0.3, -0.25) is 0 Å². The predicted molar refractivity (Wildman–Crippen MR) is 72.8 cm³/mol. The predicted octanol–water partition coefficient (Wildman–Crippen LogP) is 1.52. The van der Waals surface area contributed by atoms with Crippen LogP contribution in [-0.2, 0) is 6.42 Å². The van der Waals surface area contributed by atoms with E-state index in [9.17, 15) is 4.39 Å². The molecular formula is C13H17FN2OS. The van der Waals surface area contributed by atoms with E-state index in [1.54, 1.807) is 6.07 Å². The number of thiocarbonyl (C=S) groups is 1. The van der Waals surface area contributed by atoms with E-state index in [-0.39, 0.29) is 18.5 Å². The molecule has 1 aromatic carbocycles. The second-order valence-corrected chi connectivity index (χ2v) is 5.00. The zero-order valence-corrected chi connectivity index (χ0v) is 11.1. The van der Waals surface area contributed by atoms with Crippen LogP contribution >= 0.6 is 12.2 Å². The summed E-state index contributed by atoms with van der Waals surface area (Å²) >= 11 is 5.14. The minimum absolute atomic E-state index is 0.0350. The molecule has 98 valence electrons. The molecule has 0 aliphatic heterocycles. The van der Waals surface area contributed by atoms with Crippen LogP contribution < -0.4 is 10.6 Å². The highest BCUT2D eigenvalue weighted by Gasteiger charge is 2.31. The summed E-state index contributed by atoms with van der Waals surface area (Å²) in [4.78, 5) is 0. The van der Waals surface area contributed by atoms with Crippen LogP contribution in [0.25, 0.3) is 0 Å². The van der Waals surface area contributed by atoms with Gasteiger partial charge in [0, 0.05) is 6.54 Å². The molecule has 3 N–H and O–H groups in total. The lowest BCUT2D eigenvalue weighted by atomic mass is 10.0. The third-order valence-electron chi connectivity index (χ3n) is 3.27. The van der Waals surface area contributed by atoms with Crippen LogP contribution in [0, 0.1) is 11.7 Å². The molecule has 1 aliphatic carbocycles. The van der Waals surface area contributed by atoms with Gasteiger partial charge in [-0.1, -0.05) is 19.1 Å². The van der Waals surface area contributed by atoms with E-state index in [0.717, 1.165) is 17.5 Å². The maximum absolute atomic E-state index is 13.7. The summed E-state index contributed by atoms with van der Waals surface area (Å²) in [6, 6.07) is 5.20. The first kappa shape index (κ1) is 13.2. The quantitative estimate of drug-likeness (QED) is 0.727. The molecular weight excluding hydrogens is 251 g/mol. The van der Waals surface area contributed by atoms with E-state index in [0.29, 0.717) is 17.6 Å². The van der Waals surface area contributed by atoms with Gasteiger partial charge < -0.3 is 15.7 Å². The molecule has 0 bridgehead atoms. The standard InChI is InChI=1S/C13H17FN2OS/c1-8-7-10-9(3-2-4-11(10)14)12(8)16-13(18)15-5-6-17/h2-4,8,12,17H,5-7H2,1H3,(H2,15,16,18). The van der Waals surface area contributed by atoms with Crippen LogP contribution in [0.1, 0.15) is 24.1 Å². The number of aliphatic hydroxyl groups is 1. The molecule has 5 heteroatoms. The van der Waals surface area contributed by atoms with Crippen LogP contribution in [0.5, 0.6) is 0 Å². The van der Waals surface area contributed by atoms with Gasteiger partial charge in [-0.2, -0.15) is 0 Å². The van der Waals surface area contributed by atoms with Crippen molar-refractivity contribution in [2.45, 2.75) is 19.4 Å². The highest BCUT2D eigenvalue weighted by atomic mass is 32.1. The average molecular weight is 268 g/mol. The summed E-state index contributed by atoms with van der Waals surface area (Å²) in [5, 5.41) is 15.3. The van der Waals surface area contributed by atoms with Crippen molar-refractivity contribution >= 4 is 17.3 Å². The molecule has 1 aliphatic rings. The molecule has 2 unspecified atom stereocenters. The lowest BCUT2D eigenvalue weighted by Crippen LogP contribution is -2.39. The van der Waals surface area contributed by atoms with E-state index in [4.69, 9.17) is 17.3 Å². The van der Waals surface area contributed by atoms with Gasteiger partial charge in [0.05, 0.1) is 12.6 Å². The van der Waals surface area contributed by atoms with Gasteiger partial charge in [-0.25, -0.2) is 4.39 Å². The van der Waals surface area contributed by atoms with E-state index < -0.39 is 0 Å². The summed E-state index contributed by atoms with van der Waals surface area (Å²) in [6.07, 6.45) is 0.724. The van der Waals surface area contributed by atoms with Crippen molar-refractivity contribution in [1.82, 2.24) is 10.6 Å². The largest absolute Gasteiger partial charge is 0.395 e. The van der Waals surface area contributed by atoms with Gasteiger partial charge in [0.15, 0.2) is 5.11 Å². The van der Waals surface area contributed by atoms with E-state index >= 15 is 0 Å². The van der Waals surface area contributed by atoms with Gasteiger partial charge >= 0.3 is 0 Å². The van der Waals surface area contributed by atoms with Gasteiger partial charge in [0.2, 0.25) is 0 Å². The summed E-state index contributed by atoms with van der Waals surface area (Å²) in [7, 11) is 0. The molecule has 0 radical (unpaired) electrons. The molecule has 3 nitrogen and oxygen atoms in total. The number of nitrogens with one attached hydrogen (secondary N) is 2. The Bertz CT molecular complexity index is 453. The molecule has 0 aromatic heterocycles. The maximum Gasteiger partial charge on any atom is 0.166 e. The highest BCUT2D eigenvalue weighted by molar-refractivity contribution is 7.80. The Labute approximate surface area is 111 Å². The van der Waals surface area contributed by atoms with Crippen LogP contribution in [0.2, 0.25) is 0 Å². The van der Waals surface area contributed by atoms with Crippen LogP contribution in [0.3, 0.4) is 0 Å². The Morgan fingerprint density at radius 2 is 2.33 bits per heavy atom. The number of hydrogen-bond acceptors (Lipinski definition) is 2. The fourth-order valence-electron chi connectivity index (χ4n) is 2.41. The monoisotopic (exact) mass is 268 g/mol. The minimum Gasteiger partial charge on any atom is -0.395 e. The zero-order valence-electron chi connectivity index (χ0n) is 10.2. The van der Waals surface area contributed by atoms with Crippen molar-refractivity contribution in [2.75, 3.05) is 13.2 Å². The normalized spacial score (nSPS) is 21.5. The Balaban J connectivity index is 2.11. The lowest BCUT2D eigenvalue weighted by Gasteiger charge is -2.21. The zero-order chi connectivity index (χ0) is 13.1. The van der Waals surface area contributed by atoms with Crippen LogP contribution in [0.15, 0.2) is 18.2 Å². The molecule has 0 fully saturated rings. The van der Waals surface area contributed by atoms with Crippen molar-refractivity contribution in [1.29, 1.82) is 0 Å². The number of benzene rings is 1. The van der Waals surface area contributed by atoms with E-state index in [2.05, 4.69) is 17.6 Å². The number of halogens is 1. The summed E-state index contributed by atoms with van der Waals surface area (Å²) < 4.78 is 13.7. The average Bonchev–Trinajstić information content (AvgIpc) is 2.66. The van der Waals surface area contributed by atoms with Gasteiger partial charge in [-0.05, 0) is 41.7 Å². The molecule has 0 saturated heterocycles. The van der Waals surface area contributed by atoms with Gasteiger partial charge in [0.1, 0.15) is 5.82 Å². The SMILES string of the molecule is CC1Cc2c(F)cccc2C1NC(=S)NCCO. The fourth-order valence-corrected chi connectivity index (χ4v) is 2.64. The number of rotatable bonds is 3. The number of fused-ring (bicyclic) bond motifs is 1. The minimum atomic E-state index is -0.141. The molecule has 0 heterocycles. The molecule has 1 aromatic rings. The smallest absolute Gasteiger partial charge is 0.166 e. The molecule has 0 spiro atoms. The Morgan fingerprint density at radius 3 is 3.06 bits per heavy atom. The molecule has 2 atom stereocenters. The van der Waals surface area contributed by atoms with E-state index in [1.165, 1.54) is 6.07 Å². The second kappa shape index (κ2) is 5.63. The first-order valence-electron chi connectivity index (χ1n) is 6.06. The first-order chi connectivity index (χ1) is 8.63. The first-order valence-corrected chi connectivity index (χ1v) is 6.46. The van der Waals surface area contributed by atoms with Crippen molar-refractivity contribution in [3.8, 4) is 0 Å². The Morgan fingerprint density at radius 1 is 1.56 bits per heavy atom. The third kappa shape index (κ3) is 2.62. The highest BCUT2D eigenvalue weighted by Crippen LogP contribution is 2.36. The molecule has 18 heavy (non-hydrogen) atoms. The Hall–Kier alpha value is -1.20. The summed E-state index contributed by atoms with van der Waals surface area (Å²) in [6.45, 7) is 2.53. The topological polar surface area (TPSA) is 44.3 Å². The lowest BCUT2D eigenvalue weighted by molar-refractivity contribution is 0.300.